The van der Waals surface area contributed by atoms with E-state index < -0.39 is 0 Å². The molecule has 0 bridgehead atoms. The molecule has 0 aromatic carbocycles. The summed E-state index contributed by atoms with van der Waals surface area (Å²) in [6.45, 7) is 0. The molecule has 1 heteroatoms. The van der Waals surface area contributed by atoms with Gasteiger partial charge in [0.1, 0.15) is 0 Å². The van der Waals surface area contributed by atoms with E-state index in [1.165, 1.54) is 44.9 Å². The van der Waals surface area contributed by atoms with Gasteiger partial charge in [-0.2, -0.15) is 0 Å². The van der Waals surface area contributed by atoms with E-state index >= 15 is 0 Å². The summed E-state index contributed by atoms with van der Waals surface area (Å²) >= 11 is 0. The molecule has 0 aromatic heterocycles. The number of hydrogen-bond donors (Lipinski definition) is 1. The molecule has 1 spiro atoms. The molecule has 4 atom stereocenters. The summed E-state index contributed by atoms with van der Waals surface area (Å²) in [5.41, 5.74) is 0.623. The zero-order valence-electron chi connectivity index (χ0n) is 8.34. The van der Waals surface area contributed by atoms with Crippen molar-refractivity contribution in [3.8, 4) is 0 Å². The number of hydrogen-bond acceptors (Lipinski definition) is 1. The predicted octanol–water partition coefficient (Wildman–Crippen LogP) is 2.73. The number of aliphatic hydroxyl groups is 1. The SMILES string of the molecule is O[C@H]1CC[C@]23CCCC[C@H]2CC[C@H]13. The second-order valence-corrected chi connectivity index (χ2v) is 5.47. The molecule has 0 heterocycles. The highest BCUT2D eigenvalue weighted by Crippen LogP contribution is 2.63. The predicted molar refractivity (Wildman–Crippen MR) is 52.4 cm³/mol. The minimum atomic E-state index is 0.0584. The van der Waals surface area contributed by atoms with Gasteiger partial charge < -0.3 is 5.11 Å². The molecule has 74 valence electrons. The van der Waals surface area contributed by atoms with Crippen molar-refractivity contribution < 1.29 is 5.11 Å². The first-order valence-corrected chi connectivity index (χ1v) is 6.01. The van der Waals surface area contributed by atoms with E-state index in [0.29, 0.717) is 11.3 Å². The summed E-state index contributed by atoms with van der Waals surface area (Å²) in [6, 6.07) is 0. The summed E-state index contributed by atoms with van der Waals surface area (Å²) in [6.07, 6.45) is 11.0. The summed E-state index contributed by atoms with van der Waals surface area (Å²) in [7, 11) is 0. The molecule has 3 aliphatic carbocycles. The highest BCUT2D eigenvalue weighted by atomic mass is 16.3. The Hall–Kier alpha value is -0.0400. The van der Waals surface area contributed by atoms with Crippen LogP contribution in [0.1, 0.15) is 51.4 Å². The van der Waals surface area contributed by atoms with Crippen LogP contribution in [0.4, 0.5) is 0 Å². The Labute approximate surface area is 80.5 Å². The van der Waals surface area contributed by atoms with Crippen molar-refractivity contribution in [1.82, 2.24) is 0 Å². The maximum absolute atomic E-state index is 9.93. The zero-order chi connectivity index (χ0) is 8.89. The molecule has 3 fully saturated rings. The van der Waals surface area contributed by atoms with Gasteiger partial charge >= 0.3 is 0 Å². The van der Waals surface area contributed by atoms with Crippen LogP contribution in [0.3, 0.4) is 0 Å². The van der Waals surface area contributed by atoms with Crippen molar-refractivity contribution in [2.75, 3.05) is 0 Å². The molecule has 0 radical (unpaired) electrons. The van der Waals surface area contributed by atoms with Crippen LogP contribution in [0.5, 0.6) is 0 Å². The van der Waals surface area contributed by atoms with E-state index in [0.717, 1.165) is 12.3 Å². The van der Waals surface area contributed by atoms with E-state index in [4.69, 9.17) is 0 Å². The minimum Gasteiger partial charge on any atom is -0.393 e. The third-order valence-electron chi connectivity index (χ3n) is 5.19. The Morgan fingerprint density at radius 2 is 1.85 bits per heavy atom. The Morgan fingerprint density at radius 3 is 2.77 bits per heavy atom. The van der Waals surface area contributed by atoms with E-state index in [9.17, 15) is 5.11 Å². The molecule has 1 N–H and O–H groups in total. The van der Waals surface area contributed by atoms with Crippen molar-refractivity contribution in [2.45, 2.75) is 57.5 Å². The van der Waals surface area contributed by atoms with E-state index in [1.54, 1.807) is 0 Å². The second-order valence-electron chi connectivity index (χ2n) is 5.47. The molecule has 0 amide bonds. The van der Waals surface area contributed by atoms with E-state index in [-0.39, 0.29) is 6.10 Å². The van der Waals surface area contributed by atoms with Gasteiger partial charge in [-0.1, -0.05) is 12.8 Å². The van der Waals surface area contributed by atoms with Crippen molar-refractivity contribution in [3.63, 3.8) is 0 Å². The van der Waals surface area contributed by atoms with E-state index in [2.05, 4.69) is 0 Å². The lowest BCUT2D eigenvalue weighted by molar-refractivity contribution is 0.0541. The summed E-state index contributed by atoms with van der Waals surface area (Å²) in [5.74, 6) is 1.68. The fourth-order valence-corrected chi connectivity index (χ4v) is 4.63. The molecular formula is C12H20O. The summed E-state index contributed by atoms with van der Waals surface area (Å²) in [5, 5.41) is 9.93. The Balaban J connectivity index is 1.92. The number of rotatable bonds is 0. The van der Waals surface area contributed by atoms with Gasteiger partial charge in [0.25, 0.3) is 0 Å². The van der Waals surface area contributed by atoms with Gasteiger partial charge in [-0.3, -0.25) is 0 Å². The van der Waals surface area contributed by atoms with Crippen LogP contribution < -0.4 is 0 Å². The smallest absolute Gasteiger partial charge is 0.0574 e. The lowest BCUT2D eigenvalue weighted by Gasteiger charge is -2.40. The van der Waals surface area contributed by atoms with Crippen LogP contribution in [0.15, 0.2) is 0 Å². The molecule has 3 saturated carbocycles. The quantitative estimate of drug-likeness (QED) is 0.607. The highest BCUT2D eigenvalue weighted by Gasteiger charge is 2.56. The zero-order valence-corrected chi connectivity index (χ0v) is 8.34. The van der Waals surface area contributed by atoms with Crippen molar-refractivity contribution >= 4 is 0 Å². The second kappa shape index (κ2) is 2.73. The van der Waals surface area contributed by atoms with Crippen LogP contribution in [0.25, 0.3) is 0 Å². The van der Waals surface area contributed by atoms with Gasteiger partial charge in [0.2, 0.25) is 0 Å². The van der Waals surface area contributed by atoms with Gasteiger partial charge in [-0.05, 0) is 55.8 Å². The minimum absolute atomic E-state index is 0.0584. The molecule has 0 saturated heterocycles. The lowest BCUT2D eigenvalue weighted by Crippen LogP contribution is -2.33. The summed E-state index contributed by atoms with van der Waals surface area (Å²) in [4.78, 5) is 0. The average molecular weight is 180 g/mol. The Bertz CT molecular complexity index is 209. The van der Waals surface area contributed by atoms with Crippen molar-refractivity contribution in [3.05, 3.63) is 0 Å². The van der Waals surface area contributed by atoms with Gasteiger partial charge in [0, 0.05) is 0 Å². The molecular weight excluding hydrogens is 160 g/mol. The highest BCUT2D eigenvalue weighted by molar-refractivity contribution is 5.06. The molecule has 3 aliphatic rings. The van der Waals surface area contributed by atoms with Crippen LogP contribution in [0, 0.1) is 17.3 Å². The maximum Gasteiger partial charge on any atom is 0.0574 e. The fraction of sp³-hybridized carbons (Fsp3) is 1.00. The molecule has 3 rings (SSSR count). The average Bonchev–Trinajstić information content (AvgIpc) is 2.65. The standard InChI is InChI=1S/C12H20O/c13-11-6-8-12-7-2-1-3-9(12)4-5-10(11)12/h9-11,13H,1-8H2/t9-,10+,11-,12+/m0/s1. The number of aliphatic hydroxyl groups excluding tert-OH is 1. The maximum atomic E-state index is 9.93. The first-order valence-electron chi connectivity index (χ1n) is 6.01. The fourth-order valence-electron chi connectivity index (χ4n) is 4.63. The Morgan fingerprint density at radius 1 is 0.923 bits per heavy atom. The van der Waals surface area contributed by atoms with Gasteiger partial charge in [0.05, 0.1) is 6.10 Å². The van der Waals surface area contributed by atoms with Crippen LogP contribution in [-0.2, 0) is 0 Å². The van der Waals surface area contributed by atoms with Crippen LogP contribution >= 0.6 is 0 Å². The third-order valence-corrected chi connectivity index (χ3v) is 5.19. The van der Waals surface area contributed by atoms with Crippen LogP contribution in [-0.4, -0.2) is 11.2 Å². The monoisotopic (exact) mass is 180 g/mol. The van der Waals surface area contributed by atoms with Crippen molar-refractivity contribution in [2.24, 2.45) is 17.3 Å². The molecule has 0 aliphatic heterocycles. The molecule has 0 unspecified atom stereocenters. The van der Waals surface area contributed by atoms with Gasteiger partial charge in [0.15, 0.2) is 0 Å². The first-order chi connectivity index (χ1) is 6.33. The Kier molecular flexibility index (Phi) is 1.74. The normalized spacial score (nSPS) is 54.7. The van der Waals surface area contributed by atoms with Crippen molar-refractivity contribution in [1.29, 1.82) is 0 Å². The van der Waals surface area contributed by atoms with Gasteiger partial charge in [-0.15, -0.1) is 0 Å². The van der Waals surface area contributed by atoms with E-state index in [1.807, 2.05) is 0 Å². The van der Waals surface area contributed by atoms with Gasteiger partial charge in [-0.25, -0.2) is 0 Å². The van der Waals surface area contributed by atoms with Crippen LogP contribution in [0.2, 0.25) is 0 Å². The topological polar surface area (TPSA) is 20.2 Å². The largest absolute Gasteiger partial charge is 0.393 e. The lowest BCUT2D eigenvalue weighted by atomic mass is 9.65. The first kappa shape index (κ1) is 8.28. The molecule has 13 heavy (non-hydrogen) atoms. The molecule has 1 nitrogen and oxygen atoms in total. The molecule has 0 aromatic rings. The summed E-state index contributed by atoms with van der Waals surface area (Å²) < 4.78 is 0. The third kappa shape index (κ3) is 0.971.